The third kappa shape index (κ3) is 2.28. The molecule has 1 unspecified atom stereocenters. The number of para-hydroxylation sites is 2. The van der Waals surface area contributed by atoms with Crippen molar-refractivity contribution >= 4 is 17.1 Å². The zero-order valence-electron chi connectivity index (χ0n) is 17.7. The van der Waals surface area contributed by atoms with Gasteiger partial charge in [0.05, 0.1) is 36.1 Å². The number of hydrazine groups is 1. The molecule has 2 bridgehead atoms. The Morgan fingerprint density at radius 2 is 1.90 bits per heavy atom. The van der Waals surface area contributed by atoms with Crippen molar-refractivity contribution in [3.05, 3.63) is 83.6 Å². The third-order valence-electron chi connectivity index (χ3n) is 8.07. The van der Waals surface area contributed by atoms with Crippen LogP contribution in [0, 0.1) is 5.92 Å². The van der Waals surface area contributed by atoms with Gasteiger partial charge in [-0.1, -0.05) is 42.5 Å². The van der Waals surface area contributed by atoms with E-state index in [2.05, 4.69) is 73.5 Å². The van der Waals surface area contributed by atoms with E-state index in [0.29, 0.717) is 12.0 Å². The first-order valence-corrected chi connectivity index (χ1v) is 11.1. The molecule has 0 amide bonds. The topological polar surface area (TPSA) is 36.4 Å². The lowest BCUT2D eigenvalue weighted by molar-refractivity contribution is -0.923. The summed E-state index contributed by atoms with van der Waals surface area (Å²) in [6, 6.07) is 19.8. The highest BCUT2D eigenvalue weighted by molar-refractivity contribution is 6.14. The van der Waals surface area contributed by atoms with E-state index in [9.17, 15) is 0 Å². The molecule has 1 spiro atoms. The molecule has 3 aliphatic heterocycles. The average Bonchev–Trinajstić information content (AvgIpc) is 3.29. The maximum Gasteiger partial charge on any atom is 0.106 e. The highest BCUT2D eigenvalue weighted by Gasteiger charge is 2.68. The number of piperidine rings is 1. The second-order valence-corrected chi connectivity index (χ2v) is 9.46. The fraction of sp³-hybridized carbons (Fsp3) is 0.346. The van der Waals surface area contributed by atoms with Crippen LogP contribution in [-0.2, 0) is 5.41 Å². The van der Waals surface area contributed by atoms with Crippen molar-refractivity contribution < 1.29 is 4.48 Å². The van der Waals surface area contributed by atoms with E-state index >= 15 is 0 Å². The molecular formula is C26H29N4+. The second kappa shape index (κ2) is 6.32. The van der Waals surface area contributed by atoms with E-state index in [1.165, 1.54) is 41.9 Å². The van der Waals surface area contributed by atoms with E-state index < -0.39 is 0 Å². The number of fused-ring (bicyclic) bond motifs is 2. The Bertz CT molecular complexity index is 1100. The number of quaternary nitrogens is 1. The van der Waals surface area contributed by atoms with E-state index in [1.807, 2.05) is 18.2 Å². The number of hydrogen-bond acceptors (Lipinski definition) is 3. The molecule has 3 heterocycles. The van der Waals surface area contributed by atoms with Crippen LogP contribution in [0.25, 0.3) is 0 Å². The van der Waals surface area contributed by atoms with Gasteiger partial charge in [0.25, 0.3) is 0 Å². The fourth-order valence-corrected chi connectivity index (χ4v) is 6.71. The molecule has 1 aliphatic carbocycles. The largest absolute Gasteiger partial charge is 0.319 e. The van der Waals surface area contributed by atoms with Crippen LogP contribution in [0.5, 0.6) is 0 Å². The maximum atomic E-state index is 5.28. The molecule has 2 N–H and O–H groups in total. The van der Waals surface area contributed by atoms with Crippen molar-refractivity contribution in [3.8, 4) is 0 Å². The zero-order valence-corrected chi connectivity index (χ0v) is 17.7. The first kappa shape index (κ1) is 18.0. The van der Waals surface area contributed by atoms with Gasteiger partial charge in [-0.15, -0.1) is 0 Å². The quantitative estimate of drug-likeness (QED) is 0.447. The number of allylic oxidation sites excluding steroid dienone is 2. The number of anilines is 1. The van der Waals surface area contributed by atoms with Gasteiger partial charge in [0, 0.05) is 25.0 Å². The molecule has 1 saturated carbocycles. The number of benzene rings is 2. The van der Waals surface area contributed by atoms with Crippen molar-refractivity contribution in [2.75, 3.05) is 25.6 Å². The number of nitrogens with zero attached hydrogens (tertiary/aromatic N) is 2. The van der Waals surface area contributed by atoms with Gasteiger partial charge in [-0.3, -0.25) is 4.99 Å². The van der Waals surface area contributed by atoms with Crippen LogP contribution in [0.4, 0.5) is 11.4 Å². The summed E-state index contributed by atoms with van der Waals surface area (Å²) in [6.45, 7) is 4.59. The summed E-state index contributed by atoms with van der Waals surface area (Å²) in [4.78, 5) is 5.28. The van der Waals surface area contributed by atoms with Gasteiger partial charge in [-0.2, -0.15) is 0 Å². The monoisotopic (exact) mass is 397 g/mol. The summed E-state index contributed by atoms with van der Waals surface area (Å²) < 4.78 is 1.16. The van der Waals surface area contributed by atoms with Crippen LogP contribution in [0.1, 0.15) is 25.3 Å². The predicted molar refractivity (Wildman–Crippen MR) is 123 cm³/mol. The Hall–Kier alpha value is -2.85. The van der Waals surface area contributed by atoms with Gasteiger partial charge in [0.1, 0.15) is 12.6 Å². The summed E-state index contributed by atoms with van der Waals surface area (Å²) in [5.74, 6) is 0.454. The normalized spacial score (nSPS) is 35.7. The molecule has 4 atom stereocenters. The highest BCUT2D eigenvalue weighted by Crippen LogP contribution is 2.61. The van der Waals surface area contributed by atoms with Gasteiger partial charge in [-0.05, 0) is 41.8 Å². The van der Waals surface area contributed by atoms with Gasteiger partial charge < -0.3 is 15.3 Å². The van der Waals surface area contributed by atoms with Gasteiger partial charge in [-0.25, -0.2) is 0 Å². The van der Waals surface area contributed by atoms with Crippen LogP contribution < -0.4 is 10.9 Å². The Morgan fingerprint density at radius 3 is 2.73 bits per heavy atom. The standard InChI is InChI=1S/C26H29N4/c1-3-18-17-30(2)14-13-26-22-11-7-8-12-23(22)28-25(26)21(20(18)15-24(26)30)16-27-29-19-9-5-4-6-10-19/h3-12,16,20,24,27,29H,13-15,17H2,1-2H3/q+1/b18-3-,21-16-/t20-,24-,26+,30?/m0/s1. The first-order chi connectivity index (χ1) is 14.7. The Balaban J connectivity index is 1.46. The molecular weight excluding hydrogens is 368 g/mol. The molecule has 2 aromatic carbocycles. The number of likely N-dealkylation sites (N-methyl/N-ethyl adjacent to an activating group) is 1. The lowest BCUT2D eigenvalue weighted by Gasteiger charge is -2.52. The Kier molecular flexibility index (Phi) is 3.79. The molecule has 2 aromatic rings. The number of aliphatic imine (C=N–C) groups is 1. The number of nitrogens with one attached hydrogen (secondary N) is 2. The van der Waals surface area contributed by atoms with Crippen LogP contribution in [-0.4, -0.2) is 36.4 Å². The number of hydrogen-bond donors (Lipinski definition) is 2. The maximum absolute atomic E-state index is 5.28. The molecule has 4 nitrogen and oxygen atoms in total. The van der Waals surface area contributed by atoms with E-state index in [-0.39, 0.29) is 5.41 Å². The minimum atomic E-state index is 0.0708. The van der Waals surface area contributed by atoms with Crippen molar-refractivity contribution in [2.45, 2.75) is 31.2 Å². The number of rotatable bonds is 3. The Morgan fingerprint density at radius 1 is 1.10 bits per heavy atom. The van der Waals surface area contributed by atoms with Crippen LogP contribution >= 0.6 is 0 Å². The molecule has 4 aliphatic rings. The Labute approximate surface area is 178 Å². The van der Waals surface area contributed by atoms with Crippen molar-refractivity contribution in [1.82, 2.24) is 5.43 Å². The van der Waals surface area contributed by atoms with E-state index in [4.69, 9.17) is 4.99 Å². The molecule has 0 aromatic heterocycles. The van der Waals surface area contributed by atoms with Gasteiger partial charge in [0.15, 0.2) is 0 Å². The lowest BCUT2D eigenvalue weighted by Crippen LogP contribution is -2.63. The SMILES string of the molecule is C/C=C1/C[N+]2(C)CC[C@@]34C(=Nc5ccccc53)/C(=C\NNc3ccccc3)[C@H]1C[C@@H]42. The minimum Gasteiger partial charge on any atom is -0.319 e. The summed E-state index contributed by atoms with van der Waals surface area (Å²) >= 11 is 0. The predicted octanol–water partition coefficient (Wildman–Crippen LogP) is 4.71. The third-order valence-corrected chi connectivity index (χ3v) is 8.07. The van der Waals surface area contributed by atoms with E-state index in [0.717, 1.165) is 16.7 Å². The van der Waals surface area contributed by atoms with Crippen molar-refractivity contribution in [2.24, 2.45) is 10.9 Å². The summed E-state index contributed by atoms with van der Waals surface area (Å²) in [5, 5.41) is 0. The molecule has 30 heavy (non-hydrogen) atoms. The summed E-state index contributed by atoms with van der Waals surface area (Å²) in [5.41, 5.74) is 14.8. The molecule has 6 rings (SSSR count). The molecule has 4 heteroatoms. The zero-order chi connectivity index (χ0) is 20.3. The summed E-state index contributed by atoms with van der Waals surface area (Å²) in [6.07, 6.45) is 6.95. The molecule has 2 saturated heterocycles. The van der Waals surface area contributed by atoms with Gasteiger partial charge in [0.2, 0.25) is 0 Å². The molecule has 0 radical (unpaired) electrons. The van der Waals surface area contributed by atoms with Crippen LogP contribution in [0.15, 0.2) is 83.0 Å². The smallest absolute Gasteiger partial charge is 0.106 e. The second-order valence-electron chi connectivity index (χ2n) is 9.46. The van der Waals surface area contributed by atoms with Gasteiger partial charge >= 0.3 is 0 Å². The fourth-order valence-electron chi connectivity index (χ4n) is 6.71. The summed E-state index contributed by atoms with van der Waals surface area (Å²) in [7, 11) is 2.47. The molecule has 152 valence electrons. The van der Waals surface area contributed by atoms with Crippen LogP contribution in [0.2, 0.25) is 0 Å². The van der Waals surface area contributed by atoms with Crippen molar-refractivity contribution in [3.63, 3.8) is 0 Å². The lowest BCUT2D eigenvalue weighted by atomic mass is 9.58. The first-order valence-electron chi connectivity index (χ1n) is 11.1. The van der Waals surface area contributed by atoms with Crippen molar-refractivity contribution in [1.29, 1.82) is 0 Å². The minimum absolute atomic E-state index is 0.0708. The molecule has 3 fully saturated rings. The van der Waals surface area contributed by atoms with E-state index in [1.54, 1.807) is 5.57 Å². The highest BCUT2D eigenvalue weighted by atomic mass is 15.4. The van der Waals surface area contributed by atoms with Crippen LogP contribution in [0.3, 0.4) is 0 Å². The average molecular weight is 398 g/mol.